The molecular formula is C28H32Cl2O. The molecule has 0 amide bonds. The summed E-state index contributed by atoms with van der Waals surface area (Å²) in [5.41, 5.74) is 4.37. The normalized spacial score (nSPS) is 12.1. The Morgan fingerprint density at radius 1 is 0.710 bits per heavy atom. The summed E-state index contributed by atoms with van der Waals surface area (Å²) < 4.78 is 5.97. The lowest BCUT2D eigenvalue weighted by atomic mass is 9.78. The first-order valence-corrected chi connectivity index (χ1v) is 11.6. The van der Waals surface area contributed by atoms with E-state index in [9.17, 15) is 0 Å². The first kappa shape index (κ1) is 23.7. The van der Waals surface area contributed by atoms with Crippen molar-refractivity contribution < 1.29 is 4.74 Å². The fraction of sp³-hybridized carbons (Fsp3) is 0.357. The van der Waals surface area contributed by atoms with E-state index in [1.54, 1.807) is 18.2 Å². The Labute approximate surface area is 197 Å². The van der Waals surface area contributed by atoms with Gasteiger partial charge in [-0.2, -0.15) is 0 Å². The van der Waals surface area contributed by atoms with Crippen molar-refractivity contribution in [1.29, 1.82) is 0 Å². The molecular weight excluding hydrogens is 423 g/mol. The maximum Gasteiger partial charge on any atom is 0.130 e. The van der Waals surface area contributed by atoms with Crippen molar-refractivity contribution in [2.24, 2.45) is 0 Å². The van der Waals surface area contributed by atoms with Gasteiger partial charge in [-0.1, -0.05) is 94.2 Å². The fourth-order valence-electron chi connectivity index (χ4n) is 3.79. The Hall–Kier alpha value is -1.96. The van der Waals surface area contributed by atoms with Crippen LogP contribution in [-0.2, 0) is 17.3 Å². The van der Waals surface area contributed by atoms with Crippen LogP contribution in [0.2, 0.25) is 10.0 Å². The van der Waals surface area contributed by atoms with Gasteiger partial charge in [0.15, 0.2) is 0 Å². The summed E-state index contributed by atoms with van der Waals surface area (Å²) in [7, 11) is 0. The van der Waals surface area contributed by atoms with Crippen LogP contribution in [0.25, 0.3) is 0 Å². The molecule has 0 aliphatic carbocycles. The Balaban J connectivity index is 1.60. The van der Waals surface area contributed by atoms with Crippen LogP contribution in [0, 0.1) is 0 Å². The molecule has 0 aliphatic rings. The van der Waals surface area contributed by atoms with E-state index in [1.165, 1.54) is 16.7 Å². The topological polar surface area (TPSA) is 9.23 Å². The van der Waals surface area contributed by atoms with Gasteiger partial charge >= 0.3 is 0 Å². The van der Waals surface area contributed by atoms with Gasteiger partial charge in [0, 0.05) is 10.0 Å². The van der Waals surface area contributed by atoms with Crippen LogP contribution in [0.4, 0.5) is 0 Å². The molecule has 3 rings (SSSR count). The zero-order valence-electron chi connectivity index (χ0n) is 19.1. The third-order valence-electron chi connectivity index (χ3n) is 5.77. The summed E-state index contributed by atoms with van der Waals surface area (Å²) in [6.45, 7) is 11.4. The van der Waals surface area contributed by atoms with Crippen molar-refractivity contribution in [3.63, 3.8) is 0 Å². The van der Waals surface area contributed by atoms with Crippen LogP contribution in [0.15, 0.2) is 66.7 Å². The highest BCUT2D eigenvalue weighted by atomic mass is 35.5. The van der Waals surface area contributed by atoms with E-state index in [2.05, 4.69) is 71.0 Å². The zero-order chi connectivity index (χ0) is 22.6. The maximum atomic E-state index is 6.08. The minimum atomic E-state index is 0.141. The number of benzene rings is 3. The molecule has 0 unspecified atom stereocenters. The monoisotopic (exact) mass is 454 g/mol. The molecule has 0 N–H and O–H groups in total. The van der Waals surface area contributed by atoms with Crippen molar-refractivity contribution in [1.82, 2.24) is 0 Å². The first-order chi connectivity index (χ1) is 14.5. The standard InChI is InChI=1S/C28H32Cl2O/c1-27(2,3)21-11-13-22(14-12-21)28(4,5)15-7-9-20-8-6-10-25(16-20)31-26-18-23(29)17-24(30)19-26/h6,8,10-14,16-19H,7,9,15H2,1-5H3. The van der Waals surface area contributed by atoms with Crippen LogP contribution in [0.3, 0.4) is 0 Å². The molecule has 3 aromatic rings. The van der Waals surface area contributed by atoms with E-state index in [4.69, 9.17) is 27.9 Å². The van der Waals surface area contributed by atoms with Gasteiger partial charge in [-0.05, 0) is 77.1 Å². The van der Waals surface area contributed by atoms with Crippen LogP contribution < -0.4 is 4.74 Å². The Kier molecular flexibility index (Phi) is 7.39. The lowest BCUT2D eigenvalue weighted by molar-refractivity contribution is 0.459. The molecule has 0 bridgehead atoms. The second kappa shape index (κ2) is 9.67. The Morgan fingerprint density at radius 3 is 1.94 bits per heavy atom. The molecule has 3 aromatic carbocycles. The lowest BCUT2D eigenvalue weighted by Gasteiger charge is -2.27. The number of aryl methyl sites for hydroxylation is 1. The second-order valence-electron chi connectivity index (χ2n) is 9.92. The molecule has 0 atom stereocenters. The van der Waals surface area contributed by atoms with Gasteiger partial charge < -0.3 is 4.74 Å². The molecule has 31 heavy (non-hydrogen) atoms. The quantitative estimate of drug-likeness (QED) is 0.345. The fourth-order valence-corrected chi connectivity index (χ4v) is 4.29. The van der Waals surface area contributed by atoms with Gasteiger partial charge in [0.2, 0.25) is 0 Å². The molecule has 0 saturated heterocycles. The summed E-state index contributed by atoms with van der Waals surface area (Å²) >= 11 is 12.2. The number of ether oxygens (including phenoxy) is 1. The Bertz CT molecular complexity index is 994. The van der Waals surface area contributed by atoms with Gasteiger partial charge in [0.1, 0.15) is 11.5 Å². The molecule has 0 saturated carbocycles. The average Bonchev–Trinajstić information content (AvgIpc) is 2.67. The lowest BCUT2D eigenvalue weighted by Crippen LogP contribution is -2.18. The largest absolute Gasteiger partial charge is 0.457 e. The number of rotatable bonds is 7. The van der Waals surface area contributed by atoms with Crippen molar-refractivity contribution in [2.75, 3.05) is 0 Å². The molecule has 0 fully saturated rings. The van der Waals surface area contributed by atoms with Crippen molar-refractivity contribution in [3.8, 4) is 11.5 Å². The second-order valence-corrected chi connectivity index (χ2v) is 10.8. The van der Waals surface area contributed by atoms with Crippen LogP contribution in [0.1, 0.15) is 64.2 Å². The van der Waals surface area contributed by atoms with E-state index in [0.29, 0.717) is 15.8 Å². The van der Waals surface area contributed by atoms with Crippen molar-refractivity contribution >= 4 is 23.2 Å². The third-order valence-corrected chi connectivity index (χ3v) is 6.21. The number of hydrogen-bond acceptors (Lipinski definition) is 1. The van der Waals surface area contributed by atoms with Gasteiger partial charge in [0.05, 0.1) is 0 Å². The van der Waals surface area contributed by atoms with E-state index < -0.39 is 0 Å². The van der Waals surface area contributed by atoms with Gasteiger partial charge in [0.25, 0.3) is 0 Å². The highest BCUT2D eigenvalue weighted by molar-refractivity contribution is 6.34. The number of halogens is 2. The van der Waals surface area contributed by atoms with Crippen LogP contribution in [0.5, 0.6) is 11.5 Å². The summed E-state index contributed by atoms with van der Waals surface area (Å²) in [6, 6.07) is 22.6. The van der Waals surface area contributed by atoms with Crippen molar-refractivity contribution in [2.45, 2.75) is 64.7 Å². The molecule has 0 aromatic heterocycles. The van der Waals surface area contributed by atoms with E-state index in [0.717, 1.165) is 25.0 Å². The summed E-state index contributed by atoms with van der Waals surface area (Å²) in [4.78, 5) is 0. The molecule has 1 nitrogen and oxygen atoms in total. The smallest absolute Gasteiger partial charge is 0.130 e. The molecule has 0 radical (unpaired) electrons. The summed E-state index contributed by atoms with van der Waals surface area (Å²) in [6.07, 6.45) is 3.24. The van der Waals surface area contributed by atoms with Crippen molar-refractivity contribution in [3.05, 3.63) is 93.5 Å². The minimum absolute atomic E-state index is 0.141. The van der Waals surface area contributed by atoms with E-state index in [-0.39, 0.29) is 10.8 Å². The molecule has 164 valence electrons. The SMILES string of the molecule is CC(C)(C)c1ccc(C(C)(C)CCCc2cccc(Oc3cc(Cl)cc(Cl)c3)c2)cc1. The zero-order valence-corrected chi connectivity index (χ0v) is 20.6. The molecule has 0 spiro atoms. The highest BCUT2D eigenvalue weighted by Gasteiger charge is 2.21. The highest BCUT2D eigenvalue weighted by Crippen LogP contribution is 2.32. The predicted octanol–water partition coefficient (Wildman–Crippen LogP) is 9.38. The van der Waals surface area contributed by atoms with E-state index in [1.807, 2.05) is 12.1 Å². The Morgan fingerprint density at radius 2 is 1.32 bits per heavy atom. The van der Waals surface area contributed by atoms with Gasteiger partial charge in [-0.15, -0.1) is 0 Å². The molecule has 3 heteroatoms. The number of hydrogen-bond donors (Lipinski definition) is 0. The summed E-state index contributed by atoms with van der Waals surface area (Å²) in [5, 5.41) is 1.13. The molecule has 0 aliphatic heterocycles. The summed E-state index contributed by atoms with van der Waals surface area (Å²) in [5.74, 6) is 1.45. The van der Waals surface area contributed by atoms with Gasteiger partial charge in [-0.25, -0.2) is 0 Å². The van der Waals surface area contributed by atoms with E-state index >= 15 is 0 Å². The average molecular weight is 455 g/mol. The first-order valence-electron chi connectivity index (χ1n) is 10.9. The third kappa shape index (κ3) is 6.76. The van der Waals surface area contributed by atoms with Gasteiger partial charge in [-0.3, -0.25) is 0 Å². The molecule has 0 heterocycles. The minimum Gasteiger partial charge on any atom is -0.457 e. The van der Waals surface area contributed by atoms with Crippen LogP contribution in [-0.4, -0.2) is 0 Å². The van der Waals surface area contributed by atoms with Crippen LogP contribution >= 0.6 is 23.2 Å². The maximum absolute atomic E-state index is 6.08. The predicted molar refractivity (Wildman–Crippen MR) is 134 cm³/mol.